The number of nitrogens with one attached hydrogen (secondary N) is 1. The van der Waals surface area contributed by atoms with Crippen LogP contribution in [0.15, 0.2) is 64.0 Å². The van der Waals surface area contributed by atoms with Crippen molar-refractivity contribution in [1.82, 2.24) is 15.5 Å². The van der Waals surface area contributed by atoms with E-state index >= 15 is 0 Å². The maximum Gasteiger partial charge on any atom is 0.246 e. The number of hydrogen-bond donors (Lipinski definition) is 1. The number of carbonyl (C=O) groups excluding carboxylic acids is 1. The lowest BCUT2D eigenvalue weighted by atomic mass is 10.2. The molecule has 0 bridgehead atoms. The van der Waals surface area contributed by atoms with Crippen molar-refractivity contribution in [3.63, 3.8) is 0 Å². The molecular formula is C18H16ClN3O2S. The zero-order valence-electron chi connectivity index (χ0n) is 13.5. The molecule has 2 aromatic carbocycles. The summed E-state index contributed by atoms with van der Waals surface area (Å²) in [4.78, 5) is 17.5. The Hall–Kier alpha value is -2.31. The Labute approximate surface area is 154 Å². The fraction of sp³-hybridized carbons (Fsp3) is 0.167. The van der Waals surface area contributed by atoms with E-state index in [1.807, 2.05) is 49.4 Å². The summed E-state index contributed by atoms with van der Waals surface area (Å²) in [5.41, 5.74) is 0.871. The first kappa shape index (κ1) is 17.5. The number of amides is 1. The summed E-state index contributed by atoms with van der Waals surface area (Å²) in [7, 11) is 0. The minimum atomic E-state index is -0.252. The maximum absolute atomic E-state index is 12.2. The van der Waals surface area contributed by atoms with Gasteiger partial charge in [0.1, 0.15) is 0 Å². The van der Waals surface area contributed by atoms with Crippen LogP contribution < -0.4 is 5.32 Å². The molecule has 1 aromatic heterocycles. The number of benzene rings is 2. The molecular weight excluding hydrogens is 358 g/mol. The Kier molecular flexibility index (Phi) is 5.73. The van der Waals surface area contributed by atoms with Gasteiger partial charge < -0.3 is 9.84 Å². The Bertz CT molecular complexity index is 837. The summed E-state index contributed by atoms with van der Waals surface area (Å²) in [6.07, 6.45) is 0. The quantitative estimate of drug-likeness (QED) is 0.656. The topological polar surface area (TPSA) is 68.0 Å². The molecule has 1 unspecified atom stereocenters. The van der Waals surface area contributed by atoms with Gasteiger partial charge in [0, 0.05) is 15.5 Å². The zero-order chi connectivity index (χ0) is 17.6. The van der Waals surface area contributed by atoms with Crippen LogP contribution in [0.5, 0.6) is 0 Å². The van der Waals surface area contributed by atoms with Gasteiger partial charge in [0.25, 0.3) is 0 Å². The predicted molar refractivity (Wildman–Crippen MR) is 98.4 cm³/mol. The van der Waals surface area contributed by atoms with Gasteiger partial charge in [-0.25, -0.2) is 0 Å². The zero-order valence-corrected chi connectivity index (χ0v) is 15.1. The Balaban J connectivity index is 1.53. The third-order valence-electron chi connectivity index (χ3n) is 3.41. The number of rotatable bonds is 6. The van der Waals surface area contributed by atoms with Gasteiger partial charge >= 0.3 is 0 Å². The average molecular weight is 374 g/mol. The average Bonchev–Trinajstić information content (AvgIpc) is 3.11. The van der Waals surface area contributed by atoms with Gasteiger partial charge in [-0.05, 0) is 31.2 Å². The molecule has 3 rings (SSSR count). The molecule has 0 saturated carbocycles. The summed E-state index contributed by atoms with van der Waals surface area (Å²) in [6, 6.07) is 16.9. The number of carbonyl (C=O) groups is 1. The molecule has 0 aliphatic carbocycles. The van der Waals surface area contributed by atoms with Gasteiger partial charge in [-0.1, -0.05) is 47.1 Å². The van der Waals surface area contributed by atoms with Gasteiger partial charge in [0.05, 0.1) is 11.8 Å². The number of thioether (sulfide) groups is 1. The van der Waals surface area contributed by atoms with Gasteiger partial charge in [0.2, 0.25) is 17.6 Å². The summed E-state index contributed by atoms with van der Waals surface area (Å²) >= 11 is 7.32. The lowest BCUT2D eigenvalue weighted by molar-refractivity contribution is -0.120. The van der Waals surface area contributed by atoms with Crippen LogP contribution in [0.2, 0.25) is 5.02 Å². The van der Waals surface area contributed by atoms with Crippen molar-refractivity contribution in [2.24, 2.45) is 0 Å². The molecule has 5 nitrogen and oxygen atoms in total. The van der Waals surface area contributed by atoms with Crippen LogP contribution in [0.4, 0.5) is 0 Å². The highest BCUT2D eigenvalue weighted by molar-refractivity contribution is 8.00. The Morgan fingerprint density at radius 2 is 1.92 bits per heavy atom. The van der Waals surface area contributed by atoms with E-state index in [-0.39, 0.29) is 17.7 Å². The minimum Gasteiger partial charge on any atom is -0.346 e. The molecule has 0 fully saturated rings. The van der Waals surface area contributed by atoms with Gasteiger partial charge in [0.15, 0.2) is 0 Å². The molecule has 0 aliphatic rings. The van der Waals surface area contributed by atoms with Crippen LogP contribution in [0, 0.1) is 0 Å². The largest absolute Gasteiger partial charge is 0.346 e. The molecule has 25 heavy (non-hydrogen) atoms. The van der Waals surface area contributed by atoms with Crippen molar-refractivity contribution >= 4 is 29.3 Å². The molecule has 1 N–H and O–H groups in total. The van der Waals surface area contributed by atoms with E-state index in [1.54, 1.807) is 12.1 Å². The second-order valence-corrected chi connectivity index (χ2v) is 7.16. The van der Waals surface area contributed by atoms with Crippen molar-refractivity contribution in [1.29, 1.82) is 0 Å². The van der Waals surface area contributed by atoms with Crippen LogP contribution in [-0.4, -0.2) is 21.3 Å². The van der Waals surface area contributed by atoms with E-state index in [4.69, 9.17) is 16.1 Å². The maximum atomic E-state index is 12.2. The van der Waals surface area contributed by atoms with Crippen molar-refractivity contribution in [3.8, 4) is 11.4 Å². The highest BCUT2D eigenvalue weighted by Crippen LogP contribution is 2.24. The lowest BCUT2D eigenvalue weighted by Gasteiger charge is -2.10. The molecule has 0 radical (unpaired) electrons. The fourth-order valence-corrected chi connectivity index (χ4v) is 3.13. The highest BCUT2D eigenvalue weighted by Gasteiger charge is 2.16. The molecule has 1 amide bonds. The van der Waals surface area contributed by atoms with Gasteiger partial charge in [-0.15, -0.1) is 11.8 Å². The van der Waals surface area contributed by atoms with Gasteiger partial charge in [-0.3, -0.25) is 4.79 Å². The second kappa shape index (κ2) is 8.18. The first-order chi connectivity index (χ1) is 12.1. The van der Waals surface area contributed by atoms with Crippen LogP contribution in [0.25, 0.3) is 11.4 Å². The number of hydrogen-bond acceptors (Lipinski definition) is 5. The van der Waals surface area contributed by atoms with E-state index in [2.05, 4.69) is 15.5 Å². The van der Waals surface area contributed by atoms with Crippen molar-refractivity contribution < 1.29 is 9.32 Å². The van der Waals surface area contributed by atoms with E-state index in [1.165, 1.54) is 11.8 Å². The van der Waals surface area contributed by atoms with Gasteiger partial charge in [-0.2, -0.15) is 4.98 Å². The molecule has 1 atom stereocenters. The lowest BCUT2D eigenvalue weighted by Crippen LogP contribution is -2.30. The standard InChI is InChI=1S/C18H16ClN3O2S/c1-12(25-15-9-7-14(19)8-10-15)18(23)20-11-16-21-17(22-24-16)13-5-3-2-4-6-13/h2-10,12H,11H2,1H3,(H,20,23). The Morgan fingerprint density at radius 1 is 1.20 bits per heavy atom. The monoisotopic (exact) mass is 373 g/mol. The molecule has 0 aliphatic heterocycles. The number of halogens is 1. The normalized spacial score (nSPS) is 11.9. The van der Waals surface area contributed by atoms with E-state index in [0.717, 1.165) is 10.5 Å². The van der Waals surface area contributed by atoms with Crippen molar-refractivity contribution in [2.45, 2.75) is 23.6 Å². The minimum absolute atomic E-state index is 0.0978. The van der Waals surface area contributed by atoms with Crippen LogP contribution >= 0.6 is 23.4 Å². The van der Waals surface area contributed by atoms with Crippen molar-refractivity contribution in [3.05, 3.63) is 65.5 Å². The molecule has 0 saturated heterocycles. The van der Waals surface area contributed by atoms with Crippen LogP contribution in [0.1, 0.15) is 12.8 Å². The summed E-state index contributed by atoms with van der Waals surface area (Å²) in [5, 5.41) is 7.16. The molecule has 3 aromatic rings. The molecule has 128 valence electrons. The number of aromatic nitrogens is 2. The SMILES string of the molecule is CC(Sc1ccc(Cl)cc1)C(=O)NCc1nc(-c2ccccc2)no1. The highest BCUT2D eigenvalue weighted by atomic mass is 35.5. The summed E-state index contributed by atoms with van der Waals surface area (Å²) in [6.45, 7) is 2.04. The Morgan fingerprint density at radius 3 is 2.64 bits per heavy atom. The van der Waals surface area contributed by atoms with E-state index in [0.29, 0.717) is 16.7 Å². The van der Waals surface area contributed by atoms with Crippen LogP contribution in [0.3, 0.4) is 0 Å². The first-order valence-electron chi connectivity index (χ1n) is 7.70. The molecule has 7 heteroatoms. The molecule has 0 spiro atoms. The van der Waals surface area contributed by atoms with E-state index < -0.39 is 0 Å². The summed E-state index contributed by atoms with van der Waals surface area (Å²) < 4.78 is 5.18. The summed E-state index contributed by atoms with van der Waals surface area (Å²) in [5.74, 6) is 0.781. The van der Waals surface area contributed by atoms with E-state index in [9.17, 15) is 4.79 Å². The first-order valence-corrected chi connectivity index (χ1v) is 8.95. The smallest absolute Gasteiger partial charge is 0.246 e. The second-order valence-electron chi connectivity index (χ2n) is 5.31. The molecule has 1 heterocycles. The van der Waals surface area contributed by atoms with Crippen LogP contribution in [-0.2, 0) is 11.3 Å². The fourth-order valence-electron chi connectivity index (χ4n) is 2.11. The third kappa shape index (κ3) is 4.84. The van der Waals surface area contributed by atoms with Crippen molar-refractivity contribution in [2.75, 3.05) is 0 Å². The number of nitrogens with zero attached hydrogens (tertiary/aromatic N) is 2. The third-order valence-corrected chi connectivity index (χ3v) is 4.77. The predicted octanol–water partition coefficient (Wildman–Crippen LogP) is 4.19.